The summed E-state index contributed by atoms with van der Waals surface area (Å²) in [7, 11) is 0. The fourth-order valence-electron chi connectivity index (χ4n) is 6.57. The van der Waals surface area contributed by atoms with Crippen LogP contribution in [-0.2, 0) is 14.4 Å². The van der Waals surface area contributed by atoms with Crippen molar-refractivity contribution in [1.82, 2.24) is 14.9 Å². The maximum Gasteiger partial charge on any atom is 0.253 e. The number of carbonyl (C=O) groups is 3. The van der Waals surface area contributed by atoms with Crippen LogP contribution in [0.1, 0.15) is 78.2 Å². The number of nitrogens with zero attached hydrogens (tertiary/aromatic N) is 1. The molecule has 5 aromatic carbocycles. The van der Waals surface area contributed by atoms with Crippen molar-refractivity contribution in [3.05, 3.63) is 179 Å². The standard InChI is InChI=1S/C44H47N3O3S/c1-33(34-19-7-2-8-20-34)44(50)47(51)41(42(48)45-31-17-29-39(35-21-9-3-10-22-35)36-23-11-4-12-24-36)43(49)46-32-18-30-40(37-25-13-5-14-26-37)38-27-15-6-16-28-38/h2-16,19-28,33,39-41,51H,17-18,29-32H2,1H3,(H,45,48)(H,46,49)/t33-/m0/s1. The number of amides is 3. The molecule has 6 nitrogen and oxygen atoms in total. The third-order valence-electron chi connectivity index (χ3n) is 9.38. The second-order valence-corrected chi connectivity index (χ2v) is 13.3. The summed E-state index contributed by atoms with van der Waals surface area (Å²) >= 11 is 4.50. The van der Waals surface area contributed by atoms with Crippen LogP contribution < -0.4 is 10.6 Å². The molecule has 51 heavy (non-hydrogen) atoms. The van der Waals surface area contributed by atoms with Gasteiger partial charge in [-0.2, -0.15) is 0 Å². The summed E-state index contributed by atoms with van der Waals surface area (Å²) in [6.45, 7) is 2.45. The van der Waals surface area contributed by atoms with E-state index in [0.717, 1.165) is 22.7 Å². The summed E-state index contributed by atoms with van der Waals surface area (Å²) < 4.78 is 0.996. The maximum absolute atomic E-state index is 13.8. The van der Waals surface area contributed by atoms with Gasteiger partial charge in [0.05, 0.1) is 5.92 Å². The minimum absolute atomic E-state index is 0.161. The summed E-state index contributed by atoms with van der Waals surface area (Å²) in [5, 5.41) is 5.89. The van der Waals surface area contributed by atoms with E-state index >= 15 is 0 Å². The summed E-state index contributed by atoms with van der Waals surface area (Å²) in [5.41, 5.74) is 5.60. The second kappa shape index (κ2) is 19.3. The normalized spacial score (nSPS) is 11.7. The highest BCUT2D eigenvalue weighted by Gasteiger charge is 2.36. The fraction of sp³-hybridized carbons (Fsp3) is 0.250. The summed E-state index contributed by atoms with van der Waals surface area (Å²) in [4.78, 5) is 41.2. The Balaban J connectivity index is 1.24. The van der Waals surface area contributed by atoms with Crippen molar-refractivity contribution in [1.29, 1.82) is 0 Å². The number of benzene rings is 5. The SMILES string of the molecule is C[C@H](C(=O)N(S)C(C(=O)NCCCC(c1ccccc1)c1ccccc1)C(=O)NCCCC(c1ccccc1)c1ccccc1)c1ccccc1. The van der Waals surface area contributed by atoms with Crippen molar-refractivity contribution in [3.8, 4) is 0 Å². The monoisotopic (exact) mass is 697 g/mol. The Kier molecular flexibility index (Phi) is 14.1. The predicted octanol–water partition coefficient (Wildman–Crippen LogP) is 8.29. The zero-order valence-electron chi connectivity index (χ0n) is 29.1. The molecule has 262 valence electrons. The van der Waals surface area contributed by atoms with Gasteiger partial charge in [0.1, 0.15) is 0 Å². The average molecular weight is 698 g/mol. The molecule has 0 aromatic heterocycles. The highest BCUT2D eigenvalue weighted by Crippen LogP contribution is 2.30. The highest BCUT2D eigenvalue weighted by atomic mass is 32.1. The van der Waals surface area contributed by atoms with Crippen LogP contribution in [0.4, 0.5) is 0 Å². The Bertz CT molecular complexity index is 1610. The van der Waals surface area contributed by atoms with Crippen molar-refractivity contribution in [3.63, 3.8) is 0 Å². The molecule has 0 bridgehead atoms. The zero-order valence-corrected chi connectivity index (χ0v) is 30.0. The van der Waals surface area contributed by atoms with Crippen LogP contribution in [0.25, 0.3) is 0 Å². The molecule has 0 saturated heterocycles. The number of rotatable bonds is 17. The molecule has 0 saturated carbocycles. The lowest BCUT2D eigenvalue weighted by molar-refractivity contribution is -0.142. The lowest BCUT2D eigenvalue weighted by Crippen LogP contribution is -2.55. The third-order valence-corrected chi connectivity index (χ3v) is 9.81. The van der Waals surface area contributed by atoms with Gasteiger partial charge >= 0.3 is 0 Å². The van der Waals surface area contributed by atoms with Crippen LogP contribution in [0.5, 0.6) is 0 Å². The Hall–Kier alpha value is -5.14. The number of hydrogen-bond acceptors (Lipinski definition) is 4. The summed E-state index contributed by atoms with van der Waals surface area (Å²) in [5.74, 6) is -1.82. The molecule has 0 spiro atoms. The minimum atomic E-state index is -1.44. The van der Waals surface area contributed by atoms with Gasteiger partial charge in [0.15, 0.2) is 6.04 Å². The Morgan fingerprint density at radius 1 is 0.510 bits per heavy atom. The van der Waals surface area contributed by atoms with Crippen LogP contribution in [-0.4, -0.2) is 41.2 Å². The smallest absolute Gasteiger partial charge is 0.253 e. The van der Waals surface area contributed by atoms with Crippen molar-refractivity contribution < 1.29 is 14.4 Å². The quantitative estimate of drug-likeness (QED) is 0.0520. The number of thiol groups is 1. The predicted molar refractivity (Wildman–Crippen MR) is 208 cm³/mol. The van der Waals surface area contributed by atoms with Crippen LogP contribution in [0.15, 0.2) is 152 Å². The molecule has 0 radical (unpaired) electrons. The van der Waals surface area contributed by atoms with Crippen molar-refractivity contribution in [2.75, 3.05) is 13.1 Å². The third kappa shape index (κ3) is 10.4. The molecule has 0 fully saturated rings. The van der Waals surface area contributed by atoms with E-state index in [1.807, 2.05) is 103 Å². The van der Waals surface area contributed by atoms with E-state index in [9.17, 15) is 14.4 Å². The molecular formula is C44H47N3O3S. The van der Waals surface area contributed by atoms with E-state index in [4.69, 9.17) is 0 Å². The topological polar surface area (TPSA) is 78.5 Å². The van der Waals surface area contributed by atoms with E-state index < -0.39 is 29.7 Å². The maximum atomic E-state index is 13.8. The molecular weight excluding hydrogens is 651 g/mol. The van der Waals surface area contributed by atoms with E-state index in [0.29, 0.717) is 25.9 Å². The van der Waals surface area contributed by atoms with Crippen LogP contribution in [0, 0.1) is 0 Å². The molecule has 5 rings (SSSR count). The van der Waals surface area contributed by atoms with Crippen LogP contribution >= 0.6 is 12.8 Å². The molecule has 0 heterocycles. The molecule has 0 unspecified atom stereocenters. The summed E-state index contributed by atoms with van der Waals surface area (Å²) in [6.07, 6.45) is 2.94. The first-order valence-electron chi connectivity index (χ1n) is 17.8. The molecule has 2 N–H and O–H groups in total. The average Bonchev–Trinajstić information content (AvgIpc) is 3.19. The van der Waals surface area contributed by atoms with E-state index in [1.165, 1.54) is 22.3 Å². The first-order chi connectivity index (χ1) is 24.9. The van der Waals surface area contributed by atoms with Gasteiger partial charge in [-0.25, -0.2) is 0 Å². The Morgan fingerprint density at radius 2 is 0.804 bits per heavy atom. The molecule has 5 aromatic rings. The van der Waals surface area contributed by atoms with Crippen molar-refractivity contribution in [2.24, 2.45) is 0 Å². The molecule has 0 aliphatic carbocycles. The first kappa shape index (κ1) is 37.1. The number of hydrogen-bond donors (Lipinski definition) is 3. The summed E-state index contributed by atoms with van der Waals surface area (Å²) in [6, 6.07) is 49.1. The highest BCUT2D eigenvalue weighted by molar-refractivity contribution is 7.78. The Labute approximate surface area is 307 Å². The zero-order chi connectivity index (χ0) is 35.8. The molecule has 0 aliphatic heterocycles. The van der Waals surface area contributed by atoms with Gasteiger partial charge in [-0.05, 0) is 60.4 Å². The van der Waals surface area contributed by atoms with E-state index in [-0.39, 0.29) is 11.8 Å². The van der Waals surface area contributed by atoms with Gasteiger partial charge in [-0.3, -0.25) is 18.7 Å². The number of nitrogens with one attached hydrogen (secondary N) is 2. The molecule has 1 atom stereocenters. The van der Waals surface area contributed by atoms with Crippen LogP contribution in [0.3, 0.4) is 0 Å². The minimum Gasteiger partial charge on any atom is -0.354 e. The van der Waals surface area contributed by atoms with Gasteiger partial charge < -0.3 is 10.6 Å². The van der Waals surface area contributed by atoms with Gasteiger partial charge in [0.25, 0.3) is 11.8 Å². The van der Waals surface area contributed by atoms with E-state index in [2.05, 4.69) is 72.0 Å². The first-order valence-corrected chi connectivity index (χ1v) is 18.2. The van der Waals surface area contributed by atoms with Gasteiger partial charge in [0.2, 0.25) is 5.91 Å². The van der Waals surface area contributed by atoms with Gasteiger partial charge in [-0.1, -0.05) is 164 Å². The largest absolute Gasteiger partial charge is 0.354 e. The Morgan fingerprint density at radius 3 is 1.12 bits per heavy atom. The molecule has 3 amide bonds. The van der Waals surface area contributed by atoms with Crippen molar-refractivity contribution >= 4 is 30.5 Å². The van der Waals surface area contributed by atoms with Crippen molar-refractivity contribution in [2.45, 2.75) is 56.4 Å². The number of carbonyl (C=O) groups excluding carboxylic acids is 3. The molecule has 7 heteroatoms. The lowest BCUT2D eigenvalue weighted by Gasteiger charge is -2.28. The second-order valence-electron chi connectivity index (χ2n) is 12.8. The van der Waals surface area contributed by atoms with Gasteiger partial charge in [0, 0.05) is 24.9 Å². The van der Waals surface area contributed by atoms with E-state index in [1.54, 1.807) is 6.92 Å². The fourth-order valence-corrected chi connectivity index (χ4v) is 6.96. The molecule has 0 aliphatic rings. The van der Waals surface area contributed by atoms with Gasteiger partial charge in [-0.15, -0.1) is 0 Å². The lowest BCUT2D eigenvalue weighted by atomic mass is 9.87. The van der Waals surface area contributed by atoms with Crippen LogP contribution in [0.2, 0.25) is 0 Å².